The van der Waals surface area contributed by atoms with Gasteiger partial charge in [-0.2, -0.15) is 0 Å². The van der Waals surface area contributed by atoms with Crippen LogP contribution >= 0.6 is 15.9 Å². The fraction of sp³-hybridized carbons (Fsp3) is 0.294. The standard InChI is InChI=1S/C17H16BrNO5/c18-11-3-1-4-12(9-11)23-10-13-5-6-14(24-13)15(20)19-17(16(21)22)7-2-8-17/h1,3-6,9H,2,7-8,10H2,(H,19,20)(H,21,22). The number of carbonyl (C=O) groups excluding carboxylic acids is 1. The van der Waals surface area contributed by atoms with Crippen LogP contribution in [0.15, 0.2) is 45.3 Å². The van der Waals surface area contributed by atoms with Gasteiger partial charge in [-0.3, -0.25) is 4.79 Å². The molecule has 3 rings (SSSR count). The van der Waals surface area contributed by atoms with Crippen LogP contribution in [0.4, 0.5) is 0 Å². The van der Waals surface area contributed by atoms with Crippen molar-refractivity contribution in [2.24, 2.45) is 0 Å². The van der Waals surface area contributed by atoms with Crippen molar-refractivity contribution in [2.75, 3.05) is 0 Å². The Kier molecular flexibility index (Phi) is 4.62. The summed E-state index contributed by atoms with van der Waals surface area (Å²) < 4.78 is 11.9. The largest absolute Gasteiger partial charge is 0.486 e. The zero-order valence-electron chi connectivity index (χ0n) is 12.8. The van der Waals surface area contributed by atoms with Gasteiger partial charge < -0.3 is 19.6 Å². The third kappa shape index (κ3) is 3.46. The molecule has 2 aromatic rings. The van der Waals surface area contributed by atoms with Crippen LogP contribution in [0.25, 0.3) is 0 Å². The summed E-state index contributed by atoms with van der Waals surface area (Å²) in [7, 11) is 0. The molecule has 0 saturated heterocycles. The van der Waals surface area contributed by atoms with Crippen LogP contribution in [0.2, 0.25) is 0 Å². The summed E-state index contributed by atoms with van der Waals surface area (Å²) >= 11 is 3.36. The van der Waals surface area contributed by atoms with E-state index in [0.717, 1.165) is 10.9 Å². The molecule has 0 spiro atoms. The van der Waals surface area contributed by atoms with Crippen LogP contribution in [0.1, 0.15) is 35.6 Å². The number of carboxylic acids is 1. The number of amides is 1. The molecule has 1 aromatic carbocycles. The first kappa shape index (κ1) is 16.6. The number of benzene rings is 1. The lowest BCUT2D eigenvalue weighted by molar-refractivity contribution is -0.148. The van der Waals surface area contributed by atoms with Crippen molar-refractivity contribution in [2.45, 2.75) is 31.4 Å². The minimum absolute atomic E-state index is 0.0790. The van der Waals surface area contributed by atoms with E-state index in [4.69, 9.17) is 9.15 Å². The number of aliphatic carboxylic acids is 1. The second kappa shape index (κ2) is 6.68. The fourth-order valence-corrected chi connectivity index (χ4v) is 2.87. The maximum atomic E-state index is 12.2. The SMILES string of the molecule is O=C(NC1(C(=O)O)CCC1)c1ccc(COc2cccc(Br)c2)o1. The molecule has 6 nitrogen and oxygen atoms in total. The summed E-state index contributed by atoms with van der Waals surface area (Å²) in [6, 6.07) is 10.5. The third-order valence-electron chi connectivity index (χ3n) is 4.03. The lowest BCUT2D eigenvalue weighted by Gasteiger charge is -2.37. The molecule has 2 N–H and O–H groups in total. The average molecular weight is 394 g/mol. The molecule has 1 fully saturated rings. The summed E-state index contributed by atoms with van der Waals surface area (Å²) in [6.45, 7) is 0.174. The van der Waals surface area contributed by atoms with Crippen LogP contribution in [-0.2, 0) is 11.4 Å². The molecule has 1 aliphatic rings. The first-order chi connectivity index (χ1) is 11.5. The molecule has 1 aliphatic carbocycles. The van der Waals surface area contributed by atoms with Crippen molar-refractivity contribution in [3.8, 4) is 5.75 Å². The van der Waals surface area contributed by atoms with E-state index in [0.29, 0.717) is 24.4 Å². The lowest BCUT2D eigenvalue weighted by Crippen LogP contribution is -2.59. The van der Waals surface area contributed by atoms with Crippen LogP contribution < -0.4 is 10.1 Å². The van der Waals surface area contributed by atoms with Gasteiger partial charge in [0.25, 0.3) is 5.91 Å². The Hall–Kier alpha value is -2.28. The molecule has 0 atom stereocenters. The second-order valence-electron chi connectivity index (χ2n) is 5.71. The van der Waals surface area contributed by atoms with Crippen LogP contribution in [0.5, 0.6) is 5.75 Å². The monoisotopic (exact) mass is 393 g/mol. The summed E-state index contributed by atoms with van der Waals surface area (Å²) in [5.41, 5.74) is -1.16. The number of halogens is 1. The van der Waals surface area contributed by atoms with E-state index in [1.807, 2.05) is 24.3 Å². The lowest BCUT2D eigenvalue weighted by atomic mass is 9.76. The maximum Gasteiger partial charge on any atom is 0.329 e. The fourth-order valence-electron chi connectivity index (χ4n) is 2.49. The highest BCUT2D eigenvalue weighted by Gasteiger charge is 2.46. The molecular weight excluding hydrogens is 378 g/mol. The number of hydrogen-bond donors (Lipinski definition) is 2. The van der Waals surface area contributed by atoms with Gasteiger partial charge in [-0.15, -0.1) is 0 Å². The van der Waals surface area contributed by atoms with Gasteiger partial charge in [0, 0.05) is 4.47 Å². The minimum atomic E-state index is -1.16. The Morgan fingerprint density at radius 1 is 1.29 bits per heavy atom. The number of hydrogen-bond acceptors (Lipinski definition) is 4. The maximum absolute atomic E-state index is 12.2. The summed E-state index contributed by atoms with van der Waals surface area (Å²) in [5, 5.41) is 11.8. The minimum Gasteiger partial charge on any atom is -0.486 e. The van der Waals surface area contributed by atoms with E-state index in [1.165, 1.54) is 6.07 Å². The molecule has 0 aliphatic heterocycles. The average Bonchev–Trinajstić information content (AvgIpc) is 2.97. The highest BCUT2D eigenvalue weighted by molar-refractivity contribution is 9.10. The second-order valence-corrected chi connectivity index (χ2v) is 6.62. The quantitative estimate of drug-likeness (QED) is 0.785. The van der Waals surface area contributed by atoms with Crippen molar-refractivity contribution >= 4 is 27.8 Å². The summed E-state index contributed by atoms with van der Waals surface area (Å²) in [6.07, 6.45) is 1.66. The highest BCUT2D eigenvalue weighted by atomic mass is 79.9. The predicted octanol–water partition coefficient (Wildman–Crippen LogP) is 3.36. The molecule has 0 unspecified atom stereocenters. The molecule has 0 radical (unpaired) electrons. The number of nitrogens with one attached hydrogen (secondary N) is 1. The molecule has 7 heteroatoms. The van der Waals surface area contributed by atoms with Crippen LogP contribution in [0, 0.1) is 0 Å². The third-order valence-corrected chi connectivity index (χ3v) is 4.53. The Labute approximate surface area is 146 Å². The topological polar surface area (TPSA) is 88.8 Å². The number of furan rings is 1. The number of ether oxygens (including phenoxy) is 1. The zero-order chi connectivity index (χ0) is 17.2. The molecule has 24 heavy (non-hydrogen) atoms. The van der Waals surface area contributed by atoms with Crippen molar-refractivity contribution in [1.29, 1.82) is 0 Å². The van der Waals surface area contributed by atoms with Gasteiger partial charge in [0.2, 0.25) is 0 Å². The van der Waals surface area contributed by atoms with Crippen LogP contribution in [0.3, 0.4) is 0 Å². The summed E-state index contributed by atoms with van der Waals surface area (Å²) in [4.78, 5) is 23.5. The summed E-state index contributed by atoms with van der Waals surface area (Å²) in [5.74, 6) is -0.294. The molecule has 1 aromatic heterocycles. The Morgan fingerprint density at radius 2 is 2.08 bits per heavy atom. The van der Waals surface area contributed by atoms with Crippen LogP contribution in [-0.4, -0.2) is 22.5 Å². The van der Waals surface area contributed by atoms with Gasteiger partial charge in [-0.05, 0) is 49.6 Å². The molecule has 126 valence electrons. The first-order valence-electron chi connectivity index (χ1n) is 7.51. The highest BCUT2D eigenvalue weighted by Crippen LogP contribution is 2.32. The molecule has 1 amide bonds. The van der Waals surface area contributed by atoms with Crippen molar-refractivity contribution in [1.82, 2.24) is 5.32 Å². The van der Waals surface area contributed by atoms with E-state index >= 15 is 0 Å². The molecule has 1 heterocycles. The Balaban J connectivity index is 1.60. The van der Waals surface area contributed by atoms with E-state index in [1.54, 1.807) is 6.07 Å². The van der Waals surface area contributed by atoms with Crippen molar-refractivity contribution in [3.63, 3.8) is 0 Å². The Morgan fingerprint density at radius 3 is 2.71 bits per heavy atom. The smallest absolute Gasteiger partial charge is 0.329 e. The van der Waals surface area contributed by atoms with Gasteiger partial charge in [-0.1, -0.05) is 22.0 Å². The molecule has 0 bridgehead atoms. The van der Waals surface area contributed by atoms with Crippen molar-refractivity contribution in [3.05, 3.63) is 52.4 Å². The number of rotatable bonds is 6. The van der Waals surface area contributed by atoms with E-state index < -0.39 is 17.4 Å². The number of carbonyl (C=O) groups is 2. The molecular formula is C17H16BrNO5. The number of carboxylic acid groups (broad SMARTS) is 1. The van der Waals surface area contributed by atoms with E-state index in [-0.39, 0.29) is 12.4 Å². The predicted molar refractivity (Wildman–Crippen MR) is 88.9 cm³/mol. The first-order valence-corrected chi connectivity index (χ1v) is 8.31. The van der Waals surface area contributed by atoms with E-state index in [2.05, 4.69) is 21.2 Å². The Bertz CT molecular complexity index is 766. The van der Waals surface area contributed by atoms with Gasteiger partial charge in [-0.25, -0.2) is 4.79 Å². The van der Waals surface area contributed by atoms with Gasteiger partial charge >= 0.3 is 5.97 Å². The molecule has 1 saturated carbocycles. The normalized spacial score (nSPS) is 15.4. The zero-order valence-corrected chi connectivity index (χ0v) is 14.3. The van der Waals surface area contributed by atoms with Gasteiger partial charge in [0.05, 0.1) is 0 Å². The van der Waals surface area contributed by atoms with Crippen molar-refractivity contribution < 1.29 is 23.8 Å². The van der Waals surface area contributed by atoms with Gasteiger partial charge in [0.15, 0.2) is 5.76 Å². The van der Waals surface area contributed by atoms with Gasteiger partial charge in [0.1, 0.15) is 23.7 Å². The van der Waals surface area contributed by atoms with E-state index in [9.17, 15) is 14.7 Å².